The number of amides is 3. The van der Waals surface area contributed by atoms with Gasteiger partial charge in [0, 0.05) is 49.9 Å². The summed E-state index contributed by atoms with van der Waals surface area (Å²) in [6.45, 7) is 11.4. The molecule has 2 aromatic rings. The van der Waals surface area contributed by atoms with Crippen molar-refractivity contribution in [2.24, 2.45) is 0 Å². The molecule has 0 saturated heterocycles. The lowest BCUT2D eigenvalue weighted by Gasteiger charge is -2.29. The van der Waals surface area contributed by atoms with Crippen LogP contribution in [0.5, 0.6) is 0 Å². The molecule has 4 rings (SSSR count). The summed E-state index contributed by atoms with van der Waals surface area (Å²) < 4.78 is 14.3. The second kappa shape index (κ2) is 9.42. The number of hydrogen-bond donors (Lipinski definition) is 3. The van der Waals surface area contributed by atoms with Gasteiger partial charge in [0.2, 0.25) is 5.91 Å². The number of aromatic nitrogens is 1. The van der Waals surface area contributed by atoms with Crippen molar-refractivity contribution >= 4 is 40.7 Å². The smallest absolute Gasteiger partial charge is 0.256 e. The standard InChI is InChI=1S/C25H30FN5O3/c1-5-30(6-2)9-10-31-8-7-19-22(25(31)34)14(3)20(28-19)13-18-17-11-16(26)12-21(27-15(4)32)23(17)29-24(18)33/h11-13,28H,5-10H2,1-4H3,(H,27,32)(H,29,33)/b18-13+. The summed E-state index contributed by atoms with van der Waals surface area (Å²) >= 11 is 0. The number of hydrogen-bond acceptors (Lipinski definition) is 4. The van der Waals surface area contributed by atoms with Crippen LogP contribution in [0.15, 0.2) is 12.1 Å². The molecule has 3 N–H and O–H groups in total. The molecule has 0 aliphatic carbocycles. The lowest BCUT2D eigenvalue weighted by Crippen LogP contribution is -2.42. The first-order chi connectivity index (χ1) is 16.2. The van der Waals surface area contributed by atoms with E-state index in [1.54, 1.807) is 6.08 Å². The van der Waals surface area contributed by atoms with Gasteiger partial charge in [-0.2, -0.15) is 0 Å². The summed E-state index contributed by atoms with van der Waals surface area (Å²) in [6, 6.07) is 2.44. The largest absolute Gasteiger partial charge is 0.358 e. The Balaban J connectivity index is 1.65. The van der Waals surface area contributed by atoms with Crippen LogP contribution in [0.4, 0.5) is 15.8 Å². The number of carbonyl (C=O) groups excluding carboxylic acids is 3. The zero-order valence-electron chi connectivity index (χ0n) is 20.0. The Kier molecular flexibility index (Phi) is 6.56. The van der Waals surface area contributed by atoms with Gasteiger partial charge in [-0.25, -0.2) is 4.39 Å². The van der Waals surface area contributed by atoms with Crippen molar-refractivity contribution in [1.82, 2.24) is 14.8 Å². The molecule has 0 unspecified atom stereocenters. The van der Waals surface area contributed by atoms with Crippen molar-refractivity contribution in [3.63, 3.8) is 0 Å². The molecule has 180 valence electrons. The molecule has 1 aromatic heterocycles. The van der Waals surface area contributed by atoms with Gasteiger partial charge in [0.05, 0.1) is 22.5 Å². The van der Waals surface area contributed by atoms with E-state index in [1.807, 2.05) is 11.8 Å². The number of carbonyl (C=O) groups is 3. The average Bonchev–Trinajstić information content (AvgIpc) is 3.27. The van der Waals surface area contributed by atoms with Crippen molar-refractivity contribution in [2.45, 2.75) is 34.1 Å². The maximum absolute atomic E-state index is 14.3. The third-order valence-electron chi connectivity index (χ3n) is 6.56. The van der Waals surface area contributed by atoms with E-state index < -0.39 is 11.7 Å². The van der Waals surface area contributed by atoms with Gasteiger partial charge in [-0.05, 0) is 43.8 Å². The number of likely N-dealkylation sites (N-methyl/N-ethyl adjacent to an activating group) is 1. The first kappa shape index (κ1) is 23.7. The number of rotatable bonds is 7. The van der Waals surface area contributed by atoms with Crippen LogP contribution in [0, 0.1) is 12.7 Å². The first-order valence-corrected chi connectivity index (χ1v) is 11.6. The van der Waals surface area contributed by atoms with E-state index in [2.05, 4.69) is 34.4 Å². The Morgan fingerprint density at radius 2 is 2.00 bits per heavy atom. The van der Waals surface area contributed by atoms with Crippen LogP contribution >= 0.6 is 0 Å². The van der Waals surface area contributed by atoms with E-state index in [1.165, 1.54) is 19.1 Å². The molecular formula is C25H30FN5O3. The molecule has 2 aliphatic heterocycles. The summed E-state index contributed by atoms with van der Waals surface area (Å²) in [4.78, 5) is 45.0. The van der Waals surface area contributed by atoms with E-state index in [9.17, 15) is 18.8 Å². The SMILES string of the molecule is CCN(CC)CCN1CCc2[nH]c(/C=C3/C(=O)Nc4c(NC(C)=O)cc(F)cc43)c(C)c2C1=O. The Hall–Kier alpha value is -3.46. The second-order valence-electron chi connectivity index (χ2n) is 8.66. The predicted octanol–water partition coefficient (Wildman–Crippen LogP) is 3.25. The van der Waals surface area contributed by atoms with Crippen LogP contribution in [-0.2, 0) is 16.0 Å². The van der Waals surface area contributed by atoms with Crippen molar-refractivity contribution in [2.75, 3.05) is 43.4 Å². The fraction of sp³-hybridized carbons (Fsp3) is 0.400. The molecular weight excluding hydrogens is 437 g/mol. The lowest BCUT2D eigenvalue weighted by atomic mass is 10.0. The van der Waals surface area contributed by atoms with Gasteiger partial charge in [-0.3, -0.25) is 14.4 Å². The number of H-pyrrole nitrogens is 1. The van der Waals surface area contributed by atoms with Crippen LogP contribution in [-0.4, -0.2) is 65.2 Å². The van der Waals surface area contributed by atoms with E-state index in [0.29, 0.717) is 42.0 Å². The molecule has 0 atom stereocenters. The maximum atomic E-state index is 14.3. The molecule has 0 bridgehead atoms. The highest BCUT2D eigenvalue weighted by Crippen LogP contribution is 2.40. The van der Waals surface area contributed by atoms with Gasteiger partial charge < -0.3 is 25.4 Å². The van der Waals surface area contributed by atoms with E-state index in [0.717, 1.165) is 30.9 Å². The summed E-state index contributed by atoms with van der Waals surface area (Å²) in [6.07, 6.45) is 2.35. The van der Waals surface area contributed by atoms with Crippen molar-refractivity contribution < 1.29 is 18.8 Å². The van der Waals surface area contributed by atoms with Crippen LogP contribution < -0.4 is 10.6 Å². The van der Waals surface area contributed by atoms with Crippen LogP contribution in [0.1, 0.15) is 53.6 Å². The Bertz CT molecular complexity index is 1200. The number of nitrogens with one attached hydrogen (secondary N) is 3. The highest BCUT2D eigenvalue weighted by atomic mass is 19.1. The highest BCUT2D eigenvalue weighted by Gasteiger charge is 2.31. The Morgan fingerprint density at radius 1 is 1.26 bits per heavy atom. The minimum absolute atomic E-state index is 0.0120. The third kappa shape index (κ3) is 4.35. The van der Waals surface area contributed by atoms with Gasteiger partial charge >= 0.3 is 0 Å². The molecule has 3 amide bonds. The average molecular weight is 468 g/mol. The van der Waals surface area contributed by atoms with Crippen LogP contribution in [0.2, 0.25) is 0 Å². The lowest BCUT2D eigenvalue weighted by molar-refractivity contribution is -0.114. The number of fused-ring (bicyclic) bond motifs is 2. The van der Waals surface area contributed by atoms with E-state index >= 15 is 0 Å². The summed E-state index contributed by atoms with van der Waals surface area (Å²) in [7, 11) is 0. The zero-order valence-corrected chi connectivity index (χ0v) is 20.0. The fourth-order valence-electron chi connectivity index (χ4n) is 4.66. The zero-order chi connectivity index (χ0) is 24.6. The van der Waals surface area contributed by atoms with E-state index in [-0.39, 0.29) is 23.1 Å². The van der Waals surface area contributed by atoms with Gasteiger partial charge in [-0.1, -0.05) is 13.8 Å². The predicted molar refractivity (Wildman–Crippen MR) is 130 cm³/mol. The molecule has 0 radical (unpaired) electrons. The molecule has 3 heterocycles. The normalized spacial score (nSPS) is 16.2. The number of benzene rings is 1. The molecule has 9 heteroatoms. The Morgan fingerprint density at radius 3 is 2.68 bits per heavy atom. The minimum atomic E-state index is -0.563. The maximum Gasteiger partial charge on any atom is 0.256 e. The minimum Gasteiger partial charge on any atom is -0.358 e. The molecule has 0 spiro atoms. The summed E-state index contributed by atoms with van der Waals surface area (Å²) in [5.74, 6) is -1.34. The second-order valence-corrected chi connectivity index (χ2v) is 8.66. The first-order valence-electron chi connectivity index (χ1n) is 11.6. The van der Waals surface area contributed by atoms with Gasteiger partial charge in [0.1, 0.15) is 5.82 Å². The third-order valence-corrected chi connectivity index (χ3v) is 6.56. The fourth-order valence-corrected chi connectivity index (χ4v) is 4.66. The topological polar surface area (TPSA) is 97.5 Å². The van der Waals surface area contributed by atoms with Crippen LogP contribution in [0.3, 0.4) is 0 Å². The molecule has 34 heavy (non-hydrogen) atoms. The number of aromatic amines is 1. The monoisotopic (exact) mass is 467 g/mol. The van der Waals surface area contributed by atoms with Gasteiger partial charge in [-0.15, -0.1) is 0 Å². The highest BCUT2D eigenvalue weighted by molar-refractivity contribution is 6.36. The van der Waals surface area contributed by atoms with Crippen molar-refractivity contribution in [3.05, 3.63) is 46.0 Å². The van der Waals surface area contributed by atoms with E-state index in [4.69, 9.17) is 0 Å². The molecule has 1 aromatic carbocycles. The molecule has 0 saturated carbocycles. The summed E-state index contributed by atoms with van der Waals surface area (Å²) in [5, 5.41) is 5.28. The number of anilines is 2. The van der Waals surface area contributed by atoms with Gasteiger partial charge in [0.25, 0.3) is 11.8 Å². The molecule has 2 aliphatic rings. The van der Waals surface area contributed by atoms with Crippen molar-refractivity contribution in [3.8, 4) is 0 Å². The number of halogens is 1. The number of nitrogens with zero attached hydrogens (tertiary/aromatic N) is 2. The molecule has 0 fully saturated rings. The van der Waals surface area contributed by atoms with Crippen LogP contribution in [0.25, 0.3) is 11.6 Å². The van der Waals surface area contributed by atoms with Crippen molar-refractivity contribution in [1.29, 1.82) is 0 Å². The van der Waals surface area contributed by atoms with Gasteiger partial charge in [0.15, 0.2) is 0 Å². The quantitative estimate of drug-likeness (QED) is 0.545. The summed E-state index contributed by atoms with van der Waals surface area (Å²) in [5.41, 5.74) is 4.12. The Labute approximate surface area is 198 Å². The molecule has 8 nitrogen and oxygen atoms in total.